The molecule has 1 aromatic carbocycles. The average molecular weight is 339 g/mol. The van der Waals surface area contributed by atoms with Crippen LogP contribution in [0.15, 0.2) is 43.0 Å². The number of carbonyl (C=O) groups excluding carboxylic acids is 1. The maximum Gasteiger partial charge on any atom is 0.252 e. The molecular formula is C18H21N5O2. The van der Waals surface area contributed by atoms with Crippen molar-refractivity contribution in [2.24, 2.45) is 0 Å². The van der Waals surface area contributed by atoms with Crippen LogP contribution < -0.4 is 10.1 Å². The molecule has 0 saturated carbocycles. The maximum absolute atomic E-state index is 12.1. The van der Waals surface area contributed by atoms with Gasteiger partial charge in [-0.25, -0.2) is 9.50 Å². The normalized spacial score (nSPS) is 11.0. The van der Waals surface area contributed by atoms with Crippen LogP contribution in [-0.4, -0.2) is 38.1 Å². The van der Waals surface area contributed by atoms with E-state index in [4.69, 9.17) is 4.74 Å². The van der Waals surface area contributed by atoms with Gasteiger partial charge in [-0.2, -0.15) is 10.1 Å². The molecular weight excluding hydrogens is 318 g/mol. The van der Waals surface area contributed by atoms with Crippen molar-refractivity contribution in [1.82, 2.24) is 24.9 Å². The molecule has 1 N–H and O–H groups in total. The monoisotopic (exact) mass is 339 g/mol. The Morgan fingerprint density at radius 3 is 2.80 bits per heavy atom. The Balaban J connectivity index is 1.45. The van der Waals surface area contributed by atoms with E-state index in [0.717, 1.165) is 24.2 Å². The van der Waals surface area contributed by atoms with Crippen LogP contribution >= 0.6 is 0 Å². The van der Waals surface area contributed by atoms with E-state index in [0.29, 0.717) is 17.9 Å². The van der Waals surface area contributed by atoms with Crippen molar-refractivity contribution in [3.8, 4) is 5.75 Å². The summed E-state index contributed by atoms with van der Waals surface area (Å²) in [4.78, 5) is 20.4. The molecule has 1 amide bonds. The van der Waals surface area contributed by atoms with E-state index in [1.165, 1.54) is 6.33 Å². The molecule has 7 heteroatoms. The van der Waals surface area contributed by atoms with Crippen molar-refractivity contribution in [1.29, 1.82) is 0 Å². The second-order valence-electron chi connectivity index (χ2n) is 6.02. The topological polar surface area (TPSA) is 81.4 Å². The number of hydrogen-bond donors (Lipinski definition) is 1. The molecule has 2 aromatic heterocycles. The van der Waals surface area contributed by atoms with Gasteiger partial charge in [0.05, 0.1) is 6.10 Å². The first kappa shape index (κ1) is 16.9. The number of nitrogens with zero attached hydrogens (tertiary/aromatic N) is 4. The molecule has 0 aliphatic carbocycles. The fourth-order valence-electron chi connectivity index (χ4n) is 2.44. The minimum absolute atomic E-state index is 0.0825. The first-order chi connectivity index (χ1) is 12.1. The third-order valence-electron chi connectivity index (χ3n) is 3.60. The molecule has 7 nitrogen and oxygen atoms in total. The largest absolute Gasteiger partial charge is 0.491 e. The minimum atomic E-state index is -0.0825. The van der Waals surface area contributed by atoms with Gasteiger partial charge in [-0.1, -0.05) is 0 Å². The van der Waals surface area contributed by atoms with Crippen LogP contribution in [0.2, 0.25) is 0 Å². The number of hydrogen-bond acceptors (Lipinski definition) is 5. The van der Waals surface area contributed by atoms with Gasteiger partial charge in [0.15, 0.2) is 0 Å². The van der Waals surface area contributed by atoms with E-state index >= 15 is 0 Å². The van der Waals surface area contributed by atoms with Crippen LogP contribution in [-0.2, 0) is 6.42 Å². The van der Waals surface area contributed by atoms with E-state index in [-0.39, 0.29) is 12.0 Å². The second kappa shape index (κ2) is 7.74. The van der Waals surface area contributed by atoms with E-state index in [1.807, 2.05) is 32.2 Å². The molecule has 130 valence electrons. The van der Waals surface area contributed by atoms with E-state index in [2.05, 4.69) is 20.4 Å². The summed E-state index contributed by atoms with van der Waals surface area (Å²) in [6.45, 7) is 4.53. The molecule has 0 bridgehead atoms. The highest BCUT2D eigenvalue weighted by molar-refractivity contribution is 5.94. The number of carbonyl (C=O) groups is 1. The lowest BCUT2D eigenvalue weighted by molar-refractivity contribution is 0.0953. The quantitative estimate of drug-likeness (QED) is 0.668. The average Bonchev–Trinajstić information content (AvgIpc) is 3.06. The van der Waals surface area contributed by atoms with Crippen molar-refractivity contribution in [3.63, 3.8) is 0 Å². The van der Waals surface area contributed by atoms with Crippen LogP contribution in [0.25, 0.3) is 5.78 Å². The van der Waals surface area contributed by atoms with Crippen LogP contribution in [0.4, 0.5) is 0 Å². The molecule has 2 heterocycles. The highest BCUT2D eigenvalue weighted by Gasteiger charge is 2.06. The molecule has 0 spiro atoms. The van der Waals surface area contributed by atoms with Gasteiger partial charge in [0.25, 0.3) is 11.7 Å². The summed E-state index contributed by atoms with van der Waals surface area (Å²) in [5.74, 6) is 1.27. The fourth-order valence-corrected chi connectivity index (χ4v) is 2.44. The van der Waals surface area contributed by atoms with Crippen molar-refractivity contribution in [2.45, 2.75) is 32.8 Å². The molecule has 3 aromatic rings. The van der Waals surface area contributed by atoms with Crippen LogP contribution in [0.1, 0.15) is 36.2 Å². The zero-order valence-electron chi connectivity index (χ0n) is 14.3. The number of nitrogens with one attached hydrogen (secondary N) is 1. The second-order valence-corrected chi connectivity index (χ2v) is 6.02. The van der Waals surface area contributed by atoms with Gasteiger partial charge in [0, 0.05) is 24.5 Å². The van der Waals surface area contributed by atoms with Gasteiger partial charge < -0.3 is 10.1 Å². The number of fused-ring (bicyclic) bond motifs is 1. The van der Waals surface area contributed by atoms with E-state index in [9.17, 15) is 4.79 Å². The number of ether oxygens (including phenoxy) is 1. The summed E-state index contributed by atoms with van der Waals surface area (Å²) >= 11 is 0. The lowest BCUT2D eigenvalue weighted by Crippen LogP contribution is -2.24. The van der Waals surface area contributed by atoms with Gasteiger partial charge in [0.2, 0.25) is 0 Å². The summed E-state index contributed by atoms with van der Waals surface area (Å²) in [5, 5.41) is 6.99. The lowest BCUT2D eigenvalue weighted by Gasteiger charge is -2.10. The fraction of sp³-hybridized carbons (Fsp3) is 0.333. The maximum atomic E-state index is 12.1. The molecule has 0 saturated heterocycles. The minimum Gasteiger partial charge on any atom is -0.491 e. The van der Waals surface area contributed by atoms with E-state index in [1.54, 1.807) is 22.8 Å². The lowest BCUT2D eigenvalue weighted by atomic mass is 10.1. The van der Waals surface area contributed by atoms with Crippen LogP contribution in [0.5, 0.6) is 5.75 Å². The summed E-state index contributed by atoms with van der Waals surface area (Å²) in [6, 6.07) is 7.17. The van der Waals surface area contributed by atoms with E-state index < -0.39 is 0 Å². The summed E-state index contributed by atoms with van der Waals surface area (Å²) < 4.78 is 7.22. The Hall–Kier alpha value is -2.96. The number of rotatable bonds is 7. The number of amides is 1. The zero-order chi connectivity index (χ0) is 17.6. The standard InChI is InChI=1S/C18H21N5O2/c1-13(2)25-16-7-5-15(6-8-16)17(24)19-9-3-4-14-10-20-18-21-12-22-23(18)11-14/h5-8,10-13H,3-4,9H2,1-2H3,(H,19,24). The molecule has 0 fully saturated rings. The predicted octanol–water partition coefficient (Wildman–Crippen LogP) is 2.27. The Kier molecular flexibility index (Phi) is 5.23. The summed E-state index contributed by atoms with van der Waals surface area (Å²) in [5.41, 5.74) is 1.68. The molecule has 0 aliphatic rings. The van der Waals surface area contributed by atoms with Crippen molar-refractivity contribution < 1.29 is 9.53 Å². The van der Waals surface area contributed by atoms with Crippen molar-refractivity contribution in [2.75, 3.05) is 6.54 Å². The molecule has 0 atom stereocenters. The summed E-state index contributed by atoms with van der Waals surface area (Å²) in [7, 11) is 0. The first-order valence-corrected chi connectivity index (χ1v) is 8.31. The smallest absolute Gasteiger partial charge is 0.252 e. The van der Waals surface area contributed by atoms with Crippen LogP contribution in [0, 0.1) is 0 Å². The number of aromatic nitrogens is 4. The Labute approximate surface area is 146 Å². The Morgan fingerprint density at radius 1 is 1.24 bits per heavy atom. The van der Waals surface area contributed by atoms with Crippen LogP contribution in [0.3, 0.4) is 0 Å². The molecule has 0 unspecified atom stereocenters. The first-order valence-electron chi connectivity index (χ1n) is 8.31. The Morgan fingerprint density at radius 2 is 2.04 bits per heavy atom. The zero-order valence-corrected chi connectivity index (χ0v) is 14.3. The predicted molar refractivity (Wildman–Crippen MR) is 93.6 cm³/mol. The molecule has 0 aliphatic heterocycles. The van der Waals surface area contributed by atoms with Gasteiger partial charge in [0.1, 0.15) is 12.1 Å². The number of benzene rings is 1. The summed E-state index contributed by atoms with van der Waals surface area (Å²) in [6.07, 6.45) is 6.92. The molecule has 25 heavy (non-hydrogen) atoms. The third-order valence-corrected chi connectivity index (χ3v) is 3.60. The van der Waals surface area contributed by atoms with Gasteiger partial charge in [-0.3, -0.25) is 4.79 Å². The number of aryl methyl sites for hydroxylation is 1. The molecule has 3 rings (SSSR count). The van der Waals surface area contributed by atoms with Gasteiger partial charge >= 0.3 is 0 Å². The van der Waals surface area contributed by atoms with Crippen molar-refractivity contribution >= 4 is 11.7 Å². The third kappa shape index (κ3) is 4.53. The highest BCUT2D eigenvalue weighted by Crippen LogP contribution is 2.13. The Bertz CT molecular complexity index is 842. The van der Waals surface area contributed by atoms with Gasteiger partial charge in [-0.05, 0) is 56.5 Å². The van der Waals surface area contributed by atoms with Gasteiger partial charge in [-0.15, -0.1) is 0 Å². The SMILES string of the molecule is CC(C)Oc1ccc(C(=O)NCCCc2cnc3ncnn3c2)cc1. The highest BCUT2D eigenvalue weighted by atomic mass is 16.5. The van der Waals surface area contributed by atoms with Crippen molar-refractivity contribution in [3.05, 3.63) is 54.1 Å². The molecule has 0 radical (unpaired) electrons.